The van der Waals surface area contributed by atoms with Gasteiger partial charge in [0.25, 0.3) is 5.91 Å². The van der Waals surface area contributed by atoms with Crippen molar-refractivity contribution in [3.8, 4) is 5.75 Å². The molecule has 1 unspecified atom stereocenters. The minimum absolute atomic E-state index is 0.171. The Morgan fingerprint density at radius 2 is 1.84 bits per heavy atom. The molecule has 4 rings (SSSR count). The molecule has 0 saturated heterocycles. The number of benzene rings is 2. The standard InChI is InChI=1S/C25H28N3O4/c1-18(29)28(30)32-27-25(20-8-3-2-4-9-20)21-12-15-23(16-13-21)31-17-22-14-11-19-7-5-6-10-24(19)26-22/h5-7,10-16,20,25,30H,2-4,8-9,17H2,1H3. The van der Waals surface area contributed by atoms with Crippen LogP contribution in [-0.4, -0.2) is 21.3 Å². The number of nitrogens with zero attached hydrogens (tertiary/aromatic N) is 3. The van der Waals surface area contributed by atoms with E-state index in [-0.39, 0.29) is 11.3 Å². The maximum Gasteiger partial charge on any atom is 0.272 e. The third-order valence-corrected chi connectivity index (χ3v) is 5.87. The van der Waals surface area contributed by atoms with Crippen LogP contribution in [0.4, 0.5) is 0 Å². The van der Waals surface area contributed by atoms with Crippen LogP contribution in [0.3, 0.4) is 0 Å². The average Bonchev–Trinajstić information content (AvgIpc) is 2.84. The molecular weight excluding hydrogens is 406 g/mol. The maximum atomic E-state index is 11.2. The zero-order chi connectivity index (χ0) is 22.3. The highest BCUT2D eigenvalue weighted by Crippen LogP contribution is 2.36. The predicted molar refractivity (Wildman–Crippen MR) is 119 cm³/mol. The molecule has 1 N–H and O–H groups in total. The van der Waals surface area contributed by atoms with Crippen molar-refractivity contribution >= 4 is 16.8 Å². The molecule has 0 bridgehead atoms. The molecule has 3 aromatic rings. The van der Waals surface area contributed by atoms with Gasteiger partial charge in [-0.15, -0.1) is 4.94 Å². The first-order valence-electron chi connectivity index (χ1n) is 11.0. The number of hydrogen-bond donors (Lipinski definition) is 1. The topological polar surface area (TPSA) is 86.0 Å². The van der Waals surface area contributed by atoms with Crippen LogP contribution in [-0.2, 0) is 16.3 Å². The molecule has 1 atom stereocenters. The van der Waals surface area contributed by atoms with E-state index in [2.05, 4.69) is 10.5 Å². The molecule has 1 fully saturated rings. The Bertz CT molecular complexity index is 1030. The largest absolute Gasteiger partial charge is 0.487 e. The lowest BCUT2D eigenvalue weighted by Gasteiger charge is -2.29. The molecule has 1 saturated carbocycles. The normalized spacial score (nSPS) is 15.4. The average molecular weight is 435 g/mol. The zero-order valence-corrected chi connectivity index (χ0v) is 18.2. The Morgan fingerprint density at radius 3 is 2.59 bits per heavy atom. The van der Waals surface area contributed by atoms with Crippen molar-refractivity contribution in [2.75, 3.05) is 0 Å². The summed E-state index contributed by atoms with van der Waals surface area (Å²) in [5.74, 6) is 0.416. The van der Waals surface area contributed by atoms with Crippen molar-refractivity contribution < 1.29 is 19.7 Å². The van der Waals surface area contributed by atoms with Gasteiger partial charge in [-0.2, -0.15) is 0 Å². The molecule has 32 heavy (non-hydrogen) atoms. The summed E-state index contributed by atoms with van der Waals surface area (Å²) in [6.07, 6.45) is 5.58. The van der Waals surface area contributed by atoms with Crippen LogP contribution in [0.5, 0.6) is 5.75 Å². The summed E-state index contributed by atoms with van der Waals surface area (Å²) in [5, 5.41) is 10.8. The van der Waals surface area contributed by atoms with E-state index in [1.54, 1.807) is 0 Å². The summed E-state index contributed by atoms with van der Waals surface area (Å²) in [7, 11) is 0. The van der Waals surface area contributed by atoms with Gasteiger partial charge in [-0.1, -0.05) is 66.4 Å². The Morgan fingerprint density at radius 1 is 1.09 bits per heavy atom. The van der Waals surface area contributed by atoms with Crippen molar-refractivity contribution in [2.24, 2.45) is 5.92 Å². The number of carbonyl (C=O) groups is 1. The van der Waals surface area contributed by atoms with Gasteiger partial charge in [0.2, 0.25) is 0 Å². The van der Waals surface area contributed by atoms with Gasteiger partial charge in [-0.25, -0.2) is 4.98 Å². The molecule has 7 heteroatoms. The fourth-order valence-electron chi connectivity index (χ4n) is 4.13. The Balaban J connectivity index is 1.42. The molecule has 1 heterocycles. The molecule has 7 nitrogen and oxygen atoms in total. The summed E-state index contributed by atoms with van der Waals surface area (Å²) < 4.78 is 5.93. The molecule has 2 aromatic carbocycles. The van der Waals surface area contributed by atoms with Gasteiger partial charge in [-0.05, 0) is 48.6 Å². The van der Waals surface area contributed by atoms with Gasteiger partial charge in [-0.3, -0.25) is 10.0 Å². The quantitative estimate of drug-likeness (QED) is 0.393. The van der Waals surface area contributed by atoms with E-state index in [0.717, 1.165) is 53.6 Å². The van der Waals surface area contributed by atoms with Crippen LogP contribution in [0.1, 0.15) is 56.3 Å². The summed E-state index contributed by atoms with van der Waals surface area (Å²) in [6, 6.07) is 19.5. The molecular formula is C25H28N3O4. The summed E-state index contributed by atoms with van der Waals surface area (Å²) in [5.41, 5.74) is 6.97. The first-order chi connectivity index (χ1) is 15.6. The van der Waals surface area contributed by atoms with Gasteiger partial charge in [0.1, 0.15) is 12.4 Å². The molecule has 1 aliphatic carbocycles. The maximum absolute atomic E-state index is 11.2. The van der Waals surface area contributed by atoms with Crippen LogP contribution < -0.4 is 10.2 Å². The lowest BCUT2D eigenvalue weighted by Crippen LogP contribution is -2.33. The molecule has 0 aliphatic heterocycles. The minimum Gasteiger partial charge on any atom is -0.487 e. The highest BCUT2D eigenvalue weighted by Gasteiger charge is 2.28. The number of amides is 1. The van der Waals surface area contributed by atoms with Crippen LogP contribution in [0, 0.1) is 5.92 Å². The number of carbonyl (C=O) groups excluding carboxylic acids is 1. The smallest absolute Gasteiger partial charge is 0.272 e. The molecule has 1 radical (unpaired) electrons. The van der Waals surface area contributed by atoms with Crippen LogP contribution in [0.2, 0.25) is 0 Å². The first-order valence-corrected chi connectivity index (χ1v) is 11.0. The van der Waals surface area contributed by atoms with Crippen LogP contribution >= 0.6 is 0 Å². The third-order valence-electron chi connectivity index (χ3n) is 5.87. The van der Waals surface area contributed by atoms with Crippen molar-refractivity contribution in [3.63, 3.8) is 0 Å². The number of para-hydroxylation sites is 1. The van der Waals surface area contributed by atoms with E-state index < -0.39 is 5.91 Å². The predicted octanol–water partition coefficient (Wildman–Crippen LogP) is 5.12. The number of rotatable bonds is 8. The first kappa shape index (κ1) is 22.2. The highest BCUT2D eigenvalue weighted by molar-refractivity contribution is 5.78. The van der Waals surface area contributed by atoms with E-state index in [1.165, 1.54) is 13.3 Å². The summed E-state index contributed by atoms with van der Waals surface area (Å²) >= 11 is 0. The van der Waals surface area contributed by atoms with Gasteiger partial charge >= 0.3 is 0 Å². The van der Waals surface area contributed by atoms with E-state index in [9.17, 15) is 10.0 Å². The SMILES string of the molecule is CC(=O)N(O)O[N]C(c1ccc(OCc2ccc3ccccc3n2)cc1)C1CCCCC1. The number of hydrogen-bond acceptors (Lipinski definition) is 5. The minimum atomic E-state index is -0.623. The van der Waals surface area contributed by atoms with E-state index in [1.807, 2.05) is 60.7 Å². The number of ether oxygens (including phenoxy) is 1. The van der Waals surface area contributed by atoms with Crippen LogP contribution in [0.25, 0.3) is 10.9 Å². The monoisotopic (exact) mass is 434 g/mol. The second-order valence-corrected chi connectivity index (χ2v) is 8.17. The van der Waals surface area contributed by atoms with Gasteiger partial charge in [0, 0.05) is 12.3 Å². The zero-order valence-electron chi connectivity index (χ0n) is 18.2. The molecule has 167 valence electrons. The van der Waals surface area contributed by atoms with E-state index >= 15 is 0 Å². The fourth-order valence-corrected chi connectivity index (χ4v) is 4.13. The number of hydroxylamine groups is 3. The van der Waals surface area contributed by atoms with Crippen molar-refractivity contribution in [1.82, 2.24) is 15.7 Å². The summed E-state index contributed by atoms with van der Waals surface area (Å²) in [4.78, 5) is 20.9. The van der Waals surface area contributed by atoms with Gasteiger partial charge < -0.3 is 4.74 Å². The Kier molecular flexibility index (Phi) is 7.32. The second kappa shape index (κ2) is 10.5. The lowest BCUT2D eigenvalue weighted by molar-refractivity contribution is -0.351. The second-order valence-electron chi connectivity index (χ2n) is 8.17. The van der Waals surface area contributed by atoms with Gasteiger partial charge in [0.15, 0.2) is 0 Å². The molecule has 1 aromatic heterocycles. The number of aromatic nitrogens is 1. The Labute approximate surface area is 187 Å². The van der Waals surface area contributed by atoms with Crippen molar-refractivity contribution in [2.45, 2.75) is 51.7 Å². The van der Waals surface area contributed by atoms with Crippen LogP contribution in [0.15, 0.2) is 60.7 Å². The van der Waals surface area contributed by atoms with Crippen molar-refractivity contribution in [1.29, 1.82) is 0 Å². The summed E-state index contributed by atoms with van der Waals surface area (Å²) in [6.45, 7) is 1.59. The fraction of sp³-hybridized carbons (Fsp3) is 0.360. The number of pyridine rings is 1. The van der Waals surface area contributed by atoms with E-state index in [4.69, 9.17) is 9.68 Å². The molecule has 1 amide bonds. The van der Waals surface area contributed by atoms with E-state index in [0.29, 0.717) is 12.5 Å². The Hall–Kier alpha value is -3.00. The van der Waals surface area contributed by atoms with Gasteiger partial charge in [0.05, 0.1) is 17.3 Å². The third kappa shape index (κ3) is 5.62. The lowest BCUT2D eigenvalue weighted by atomic mass is 9.81. The highest BCUT2D eigenvalue weighted by atomic mass is 17.0. The molecule has 0 spiro atoms. The number of fused-ring (bicyclic) bond motifs is 1. The molecule has 1 aliphatic rings. The van der Waals surface area contributed by atoms with Crippen molar-refractivity contribution in [3.05, 3.63) is 71.9 Å².